The van der Waals surface area contributed by atoms with Crippen molar-refractivity contribution in [2.75, 3.05) is 11.5 Å². The fraction of sp³-hybridized carbons (Fsp3) is 0.0455. The average Bonchev–Trinajstić information content (AvgIpc) is 3.98. The molecule has 0 saturated carbocycles. The second kappa shape index (κ2) is 12.8. The molecule has 252 valence electrons. The molecule has 6 N–H and O–H groups in total. The van der Waals surface area contributed by atoms with Crippen molar-refractivity contribution in [1.82, 2.24) is 10.3 Å². The lowest BCUT2D eigenvalue weighted by molar-refractivity contribution is 0.480. The number of anilines is 2. The molecule has 8 nitrogen and oxygen atoms in total. The number of aromatic amines is 1. The molecule has 8 bridgehead atoms. The summed E-state index contributed by atoms with van der Waals surface area (Å²) < 4.78 is 12.3. The van der Waals surface area contributed by atoms with Crippen LogP contribution in [0.1, 0.15) is 11.1 Å². The monoisotopic (exact) mass is 678 g/mol. The van der Waals surface area contributed by atoms with E-state index in [0.29, 0.717) is 11.4 Å². The van der Waals surface area contributed by atoms with Crippen molar-refractivity contribution < 1.29 is 9.47 Å². The number of aromatic nitrogens is 1. The van der Waals surface area contributed by atoms with E-state index in [9.17, 15) is 0 Å². The molecular weight excluding hydrogens is 645 g/mol. The largest absolute Gasteiger partial charge is 0.457 e. The molecular formula is C44H34N6O2. The van der Waals surface area contributed by atoms with Gasteiger partial charge < -0.3 is 25.9 Å². The lowest BCUT2D eigenvalue weighted by atomic mass is 9.89. The van der Waals surface area contributed by atoms with Crippen LogP contribution in [-0.4, -0.2) is 22.4 Å². The maximum atomic E-state index is 6.13. The third-order valence-corrected chi connectivity index (χ3v) is 9.32. The molecule has 1 aromatic heterocycles. The lowest BCUT2D eigenvalue weighted by Gasteiger charge is -2.29. The number of aliphatic imine (C=N–C) groups is 2. The third kappa shape index (κ3) is 6.30. The Hall–Kier alpha value is -6.90. The van der Waals surface area contributed by atoms with Gasteiger partial charge in [-0.15, -0.1) is 0 Å². The van der Waals surface area contributed by atoms with Crippen molar-refractivity contribution in [1.29, 1.82) is 0 Å². The number of nitrogens with zero attached hydrogens (tertiary/aromatic N) is 2. The van der Waals surface area contributed by atoms with Crippen LogP contribution >= 0.6 is 0 Å². The third-order valence-electron chi connectivity index (χ3n) is 9.32. The quantitative estimate of drug-likeness (QED) is 0.113. The summed E-state index contributed by atoms with van der Waals surface area (Å²) in [5.74, 6) is 2.89. The molecule has 8 heteroatoms. The Kier molecular flexibility index (Phi) is 7.64. The average molecular weight is 679 g/mol. The number of ether oxygens (including phenoxy) is 2. The van der Waals surface area contributed by atoms with Gasteiger partial charge in [-0.2, -0.15) is 0 Å². The minimum Gasteiger partial charge on any atom is -0.457 e. The molecule has 0 saturated heterocycles. The molecule has 5 heterocycles. The molecule has 0 radical (unpaired) electrons. The smallest absolute Gasteiger partial charge is 0.127 e. The Labute approximate surface area is 300 Å². The van der Waals surface area contributed by atoms with Crippen molar-refractivity contribution in [2.45, 2.75) is 11.6 Å². The zero-order valence-corrected chi connectivity index (χ0v) is 28.0. The predicted molar refractivity (Wildman–Crippen MR) is 210 cm³/mol. The lowest BCUT2D eigenvalue weighted by Crippen LogP contribution is -2.40. The summed E-state index contributed by atoms with van der Waals surface area (Å²) in [5, 5.41) is 5.91. The first kappa shape index (κ1) is 31.1. The van der Waals surface area contributed by atoms with Gasteiger partial charge in [-0.1, -0.05) is 36.4 Å². The van der Waals surface area contributed by atoms with Crippen molar-refractivity contribution in [3.05, 3.63) is 185 Å². The number of H-pyrrole nitrogens is 1. The van der Waals surface area contributed by atoms with Crippen molar-refractivity contribution in [3.63, 3.8) is 0 Å². The highest BCUT2D eigenvalue weighted by molar-refractivity contribution is 6.20. The molecule has 0 fully saturated rings. The zero-order chi connectivity index (χ0) is 35.1. The molecule has 2 atom stereocenters. The van der Waals surface area contributed by atoms with Crippen LogP contribution in [-0.2, 0) is 5.54 Å². The molecule has 5 aromatic rings. The first-order valence-electron chi connectivity index (χ1n) is 17.1. The van der Waals surface area contributed by atoms with Crippen LogP contribution in [0.4, 0.5) is 11.4 Å². The summed E-state index contributed by atoms with van der Waals surface area (Å²) in [7, 11) is 0. The van der Waals surface area contributed by atoms with Crippen molar-refractivity contribution >= 4 is 40.5 Å². The van der Waals surface area contributed by atoms with Crippen LogP contribution in [0.3, 0.4) is 0 Å². The van der Waals surface area contributed by atoms with Gasteiger partial charge in [-0.3, -0.25) is 5.32 Å². The van der Waals surface area contributed by atoms with E-state index in [0.717, 1.165) is 73.2 Å². The molecule has 0 amide bonds. The maximum absolute atomic E-state index is 6.13. The number of nitrogen functional groups attached to an aromatic ring is 2. The number of fused-ring (bicyclic) bond motifs is 6. The summed E-state index contributed by atoms with van der Waals surface area (Å²) >= 11 is 0. The molecule has 9 rings (SSSR count). The molecule has 2 unspecified atom stereocenters. The van der Waals surface area contributed by atoms with Gasteiger partial charge in [0.1, 0.15) is 23.0 Å². The first-order chi connectivity index (χ1) is 25.4. The van der Waals surface area contributed by atoms with Gasteiger partial charge in [0.25, 0.3) is 0 Å². The standard InChI is InChI=1S/C44H34N6O2/c45-30-5-18-39(19-6-30)51-37-14-1-28(2-15-37)43-41-22-13-35(49-41)26-33-10-9-32(47-33)25-34-11-12-36(48-34)27-44(24-23-42(43)50-44)29-3-16-38(17-4-29)52-40-20-7-31(46)8-21-40/h1-27,42,47,50H,45-46H2. The summed E-state index contributed by atoms with van der Waals surface area (Å²) in [5.41, 5.74) is 19.0. The van der Waals surface area contributed by atoms with Crippen molar-refractivity contribution in [3.8, 4) is 23.0 Å². The summed E-state index contributed by atoms with van der Waals surface area (Å²) in [6.45, 7) is 0. The number of hydrogen-bond acceptors (Lipinski definition) is 7. The van der Waals surface area contributed by atoms with Crippen LogP contribution in [0, 0.1) is 0 Å². The van der Waals surface area contributed by atoms with Crippen LogP contribution in [0.25, 0.3) is 17.7 Å². The normalized spacial score (nSPS) is 19.8. The van der Waals surface area contributed by atoms with Crippen LogP contribution in [0.2, 0.25) is 0 Å². The topological polar surface area (TPSA) is 123 Å². The summed E-state index contributed by atoms with van der Waals surface area (Å²) in [6.07, 6.45) is 19.0. The molecule has 0 aliphatic carbocycles. The van der Waals surface area contributed by atoms with Crippen LogP contribution in [0.5, 0.6) is 23.0 Å². The minimum atomic E-state index is -0.690. The first-order valence-corrected chi connectivity index (χ1v) is 17.1. The van der Waals surface area contributed by atoms with Gasteiger partial charge in [-0.05, 0) is 139 Å². The van der Waals surface area contributed by atoms with Gasteiger partial charge in [0.2, 0.25) is 0 Å². The van der Waals surface area contributed by atoms with Crippen molar-refractivity contribution in [2.24, 2.45) is 9.98 Å². The van der Waals surface area contributed by atoms with E-state index in [1.165, 1.54) is 0 Å². The van der Waals surface area contributed by atoms with E-state index in [1.54, 1.807) is 0 Å². The highest BCUT2D eigenvalue weighted by atomic mass is 16.5. The van der Waals surface area contributed by atoms with E-state index in [2.05, 4.69) is 89.2 Å². The number of rotatable bonds is 6. The number of nitrogens with two attached hydrogens (primary N) is 2. The Morgan fingerprint density at radius 3 is 1.73 bits per heavy atom. The SMILES string of the molecule is Nc1ccc(Oc2ccc(C3=C4C=CC(=N4)C=c4ccc([nH]4)=CC4=NC(=CC5(c6ccc(Oc7ccc(N)cc7)cc6)C=CC3N5)C=C4)cc2)cc1. The number of benzene rings is 4. The van der Waals surface area contributed by atoms with Gasteiger partial charge in [0.05, 0.1) is 34.4 Å². The summed E-state index contributed by atoms with van der Waals surface area (Å²) in [6, 6.07) is 35.0. The van der Waals surface area contributed by atoms with Crippen LogP contribution in [0.15, 0.2) is 173 Å². The van der Waals surface area contributed by atoms with E-state index < -0.39 is 5.54 Å². The second-order valence-corrected chi connectivity index (χ2v) is 13.0. The second-order valence-electron chi connectivity index (χ2n) is 13.0. The molecule has 0 spiro atoms. The minimum absolute atomic E-state index is 0.195. The van der Waals surface area contributed by atoms with E-state index in [1.807, 2.05) is 84.9 Å². The Morgan fingerprint density at radius 1 is 0.577 bits per heavy atom. The number of allylic oxidation sites excluding steroid dienone is 4. The fourth-order valence-electron chi connectivity index (χ4n) is 6.77. The predicted octanol–water partition coefficient (Wildman–Crippen LogP) is 7.08. The van der Waals surface area contributed by atoms with Gasteiger partial charge >= 0.3 is 0 Å². The van der Waals surface area contributed by atoms with E-state index in [4.69, 9.17) is 30.9 Å². The zero-order valence-electron chi connectivity index (χ0n) is 28.0. The van der Waals surface area contributed by atoms with E-state index in [-0.39, 0.29) is 6.04 Å². The van der Waals surface area contributed by atoms with Gasteiger partial charge in [0.15, 0.2) is 0 Å². The highest BCUT2D eigenvalue weighted by Crippen LogP contribution is 2.39. The molecule has 4 aliphatic heterocycles. The molecule has 52 heavy (non-hydrogen) atoms. The van der Waals surface area contributed by atoms with E-state index >= 15 is 0 Å². The van der Waals surface area contributed by atoms with Gasteiger partial charge in [-0.25, -0.2) is 9.98 Å². The Balaban J connectivity index is 1.13. The molecule has 4 aromatic carbocycles. The Morgan fingerprint density at radius 2 is 1.12 bits per heavy atom. The van der Waals surface area contributed by atoms with Crippen LogP contribution < -0.4 is 37.0 Å². The van der Waals surface area contributed by atoms with Gasteiger partial charge in [0, 0.05) is 27.6 Å². The Bertz CT molecular complexity index is 2530. The maximum Gasteiger partial charge on any atom is 0.127 e. The highest BCUT2D eigenvalue weighted by Gasteiger charge is 2.37. The molecule has 4 aliphatic rings. The number of hydrogen-bond donors (Lipinski definition) is 4. The number of nitrogens with one attached hydrogen (secondary N) is 2. The fourth-order valence-corrected chi connectivity index (χ4v) is 6.77. The summed E-state index contributed by atoms with van der Waals surface area (Å²) in [4.78, 5) is 13.6.